The van der Waals surface area contributed by atoms with Gasteiger partial charge in [0.15, 0.2) is 0 Å². The Morgan fingerprint density at radius 3 is 2.38 bits per heavy atom. The first-order valence-electron chi connectivity index (χ1n) is 8.85. The second kappa shape index (κ2) is 9.89. The Kier molecular flexibility index (Phi) is 8.52. The Morgan fingerprint density at radius 2 is 1.88 bits per heavy atom. The van der Waals surface area contributed by atoms with Gasteiger partial charge in [-0.05, 0) is 50.5 Å². The van der Waals surface area contributed by atoms with Gasteiger partial charge in [-0.25, -0.2) is 13.1 Å². The van der Waals surface area contributed by atoms with Gasteiger partial charge in [-0.2, -0.15) is 0 Å². The lowest BCUT2D eigenvalue weighted by Gasteiger charge is -2.31. The maximum absolute atomic E-state index is 12.3. The first kappa shape index (κ1) is 22.4. The minimum atomic E-state index is -3.67. The molecule has 26 heavy (non-hydrogen) atoms. The molecular formula is C18H31N3O4S. The maximum atomic E-state index is 12.3. The van der Waals surface area contributed by atoms with Crippen molar-refractivity contribution in [1.82, 2.24) is 10.0 Å². The highest BCUT2D eigenvalue weighted by atomic mass is 32.2. The fraction of sp³-hybridized carbons (Fsp3) is 0.611. The third-order valence-electron chi connectivity index (χ3n) is 3.84. The lowest BCUT2D eigenvalue weighted by Crippen LogP contribution is -2.52. The molecule has 0 saturated carbocycles. The molecule has 0 spiro atoms. The molecule has 0 fully saturated rings. The van der Waals surface area contributed by atoms with E-state index in [1.54, 1.807) is 12.1 Å². The van der Waals surface area contributed by atoms with Crippen LogP contribution in [0.5, 0.6) is 5.75 Å². The number of carbonyl (C=O) groups excluding carboxylic acids is 1. The summed E-state index contributed by atoms with van der Waals surface area (Å²) in [7, 11) is -3.67. The van der Waals surface area contributed by atoms with Crippen LogP contribution in [0.25, 0.3) is 0 Å². The minimum Gasteiger partial charge on any atom is -0.494 e. The summed E-state index contributed by atoms with van der Waals surface area (Å²) in [6, 6.07) is 6.15. The molecule has 1 rings (SSSR count). The van der Waals surface area contributed by atoms with Crippen LogP contribution in [0.2, 0.25) is 0 Å². The number of amides is 1. The normalized spacial score (nSPS) is 14.1. The summed E-state index contributed by atoms with van der Waals surface area (Å²) in [6.07, 6.45) is 0.803. The lowest BCUT2D eigenvalue weighted by atomic mass is 9.90. The molecular weight excluding hydrogens is 354 g/mol. The van der Waals surface area contributed by atoms with Gasteiger partial charge in [0.25, 0.3) is 0 Å². The van der Waals surface area contributed by atoms with Crippen LogP contribution in [-0.2, 0) is 14.8 Å². The molecule has 1 amide bonds. The number of hydrogen-bond donors (Lipinski definition) is 3. The fourth-order valence-corrected chi connectivity index (χ4v) is 3.78. The third-order valence-corrected chi connectivity index (χ3v) is 5.32. The van der Waals surface area contributed by atoms with Crippen molar-refractivity contribution in [3.63, 3.8) is 0 Å². The van der Waals surface area contributed by atoms with E-state index < -0.39 is 15.6 Å². The average Bonchev–Trinajstić information content (AvgIpc) is 2.54. The van der Waals surface area contributed by atoms with Gasteiger partial charge < -0.3 is 15.8 Å². The average molecular weight is 386 g/mol. The molecule has 0 aromatic heterocycles. The minimum absolute atomic E-state index is 0.0176. The molecule has 0 radical (unpaired) electrons. The van der Waals surface area contributed by atoms with Gasteiger partial charge in [-0.15, -0.1) is 0 Å². The molecule has 7 nitrogen and oxygen atoms in total. The number of nitrogens with two attached hydrogens (primary N) is 1. The van der Waals surface area contributed by atoms with Gasteiger partial charge in [-0.3, -0.25) is 4.79 Å². The van der Waals surface area contributed by atoms with Crippen LogP contribution in [0.4, 0.5) is 0 Å². The predicted octanol–water partition coefficient (Wildman–Crippen LogP) is 1.63. The highest BCUT2D eigenvalue weighted by Crippen LogP contribution is 2.16. The Labute approximate surface area is 156 Å². The van der Waals surface area contributed by atoms with E-state index in [0.29, 0.717) is 24.8 Å². The molecule has 1 aromatic rings. The predicted molar refractivity (Wildman–Crippen MR) is 102 cm³/mol. The number of hydrogen-bond acceptors (Lipinski definition) is 5. The summed E-state index contributed by atoms with van der Waals surface area (Å²) < 4.78 is 32.3. The topological polar surface area (TPSA) is 111 Å². The smallest absolute Gasteiger partial charge is 0.240 e. The second-order valence-electron chi connectivity index (χ2n) is 6.96. The number of benzene rings is 1. The zero-order chi connectivity index (χ0) is 19.8. The zero-order valence-electron chi connectivity index (χ0n) is 16.0. The highest BCUT2D eigenvalue weighted by Gasteiger charge is 2.25. The molecule has 0 aliphatic heterocycles. The summed E-state index contributed by atoms with van der Waals surface area (Å²) in [5, 5.41) is 2.91. The van der Waals surface area contributed by atoms with E-state index >= 15 is 0 Å². The maximum Gasteiger partial charge on any atom is 0.240 e. The quantitative estimate of drug-likeness (QED) is 0.536. The monoisotopic (exact) mass is 385 g/mol. The highest BCUT2D eigenvalue weighted by molar-refractivity contribution is 7.89. The van der Waals surface area contributed by atoms with Crippen LogP contribution >= 0.6 is 0 Å². The standard InChI is InChI=1S/C18H31N3O4S/c1-5-25-15-6-8-16(9-7-15)26(23,24)20-11-10-17(22)21-18(4,13-19)12-14(2)3/h6-9,14,20H,5,10-13,19H2,1-4H3,(H,21,22). The van der Waals surface area contributed by atoms with Crippen molar-refractivity contribution in [1.29, 1.82) is 0 Å². The van der Waals surface area contributed by atoms with Crippen LogP contribution in [0.3, 0.4) is 0 Å². The van der Waals surface area contributed by atoms with Gasteiger partial charge in [0.1, 0.15) is 5.75 Å². The molecule has 0 aliphatic rings. The Hall–Kier alpha value is -1.64. The van der Waals surface area contributed by atoms with Gasteiger partial charge in [-0.1, -0.05) is 13.8 Å². The fourth-order valence-electron chi connectivity index (χ4n) is 2.75. The second-order valence-corrected chi connectivity index (χ2v) is 8.73. The molecule has 0 saturated heterocycles. The van der Waals surface area contributed by atoms with Crippen LogP contribution < -0.4 is 20.5 Å². The van der Waals surface area contributed by atoms with E-state index in [1.165, 1.54) is 12.1 Å². The van der Waals surface area contributed by atoms with Gasteiger partial charge in [0.2, 0.25) is 15.9 Å². The Bertz CT molecular complexity index is 674. The molecule has 1 aromatic carbocycles. The van der Waals surface area contributed by atoms with Crippen LogP contribution in [0.1, 0.15) is 40.5 Å². The molecule has 148 valence electrons. The molecule has 8 heteroatoms. The SMILES string of the molecule is CCOc1ccc(S(=O)(=O)NCCC(=O)NC(C)(CN)CC(C)C)cc1. The van der Waals surface area contributed by atoms with Crippen LogP contribution in [0.15, 0.2) is 29.2 Å². The molecule has 1 atom stereocenters. The molecule has 1 unspecified atom stereocenters. The van der Waals surface area contributed by atoms with E-state index in [4.69, 9.17) is 10.5 Å². The lowest BCUT2D eigenvalue weighted by molar-refractivity contribution is -0.122. The summed E-state index contributed by atoms with van der Waals surface area (Å²) >= 11 is 0. The van der Waals surface area contributed by atoms with Crippen molar-refractivity contribution < 1.29 is 17.9 Å². The van der Waals surface area contributed by atoms with E-state index in [0.717, 1.165) is 6.42 Å². The summed E-state index contributed by atoms with van der Waals surface area (Å²) in [6.45, 7) is 8.73. The number of carbonyl (C=O) groups is 1. The Morgan fingerprint density at radius 1 is 1.27 bits per heavy atom. The number of sulfonamides is 1. The van der Waals surface area contributed by atoms with Crippen molar-refractivity contribution >= 4 is 15.9 Å². The molecule has 0 aliphatic carbocycles. The van der Waals surface area contributed by atoms with Crippen molar-refractivity contribution in [2.24, 2.45) is 11.7 Å². The van der Waals surface area contributed by atoms with Crippen molar-refractivity contribution in [2.45, 2.75) is 51.0 Å². The van der Waals surface area contributed by atoms with Crippen molar-refractivity contribution in [3.8, 4) is 5.75 Å². The van der Waals surface area contributed by atoms with Crippen LogP contribution in [0, 0.1) is 5.92 Å². The number of nitrogens with one attached hydrogen (secondary N) is 2. The number of rotatable bonds is 11. The van der Waals surface area contributed by atoms with Gasteiger partial charge in [0, 0.05) is 25.0 Å². The summed E-state index contributed by atoms with van der Waals surface area (Å²) in [5.74, 6) is 0.770. The van der Waals surface area contributed by atoms with Crippen LogP contribution in [-0.4, -0.2) is 39.6 Å². The van der Waals surface area contributed by atoms with E-state index in [-0.39, 0.29) is 23.8 Å². The molecule has 0 heterocycles. The summed E-state index contributed by atoms with van der Waals surface area (Å²) in [4.78, 5) is 12.3. The van der Waals surface area contributed by atoms with Crippen molar-refractivity contribution in [3.05, 3.63) is 24.3 Å². The van der Waals surface area contributed by atoms with Gasteiger partial charge >= 0.3 is 0 Å². The van der Waals surface area contributed by atoms with E-state index in [1.807, 2.05) is 13.8 Å². The Balaban J connectivity index is 2.56. The first-order valence-corrected chi connectivity index (χ1v) is 10.3. The third kappa shape index (κ3) is 7.31. The van der Waals surface area contributed by atoms with Crippen molar-refractivity contribution in [2.75, 3.05) is 19.7 Å². The van der Waals surface area contributed by atoms with Gasteiger partial charge in [0.05, 0.1) is 11.5 Å². The van der Waals surface area contributed by atoms with E-state index in [9.17, 15) is 13.2 Å². The zero-order valence-corrected chi connectivity index (χ0v) is 16.9. The molecule has 0 bridgehead atoms. The summed E-state index contributed by atoms with van der Waals surface area (Å²) in [5.41, 5.74) is 5.29. The number of ether oxygens (including phenoxy) is 1. The largest absolute Gasteiger partial charge is 0.494 e. The molecule has 4 N–H and O–H groups in total. The first-order chi connectivity index (χ1) is 12.1. The van der Waals surface area contributed by atoms with E-state index in [2.05, 4.69) is 23.9 Å².